The number of carbonyl (C=O) groups is 1. The molecular formula is C18H27F3N2O3S. The molecule has 0 aliphatic rings. The predicted octanol–water partition coefficient (Wildman–Crippen LogP) is 3.42. The molecule has 0 unspecified atom stereocenters. The van der Waals surface area contributed by atoms with Crippen molar-refractivity contribution >= 4 is 15.7 Å². The Hall–Kier alpha value is -1.61. The summed E-state index contributed by atoms with van der Waals surface area (Å²) < 4.78 is 60.7. The van der Waals surface area contributed by atoms with Crippen molar-refractivity contribution in [2.75, 3.05) is 32.7 Å². The van der Waals surface area contributed by atoms with Gasteiger partial charge in [-0.1, -0.05) is 27.7 Å². The molecule has 0 saturated carbocycles. The quantitative estimate of drug-likeness (QED) is 0.628. The third-order valence-electron chi connectivity index (χ3n) is 4.17. The number of hydrogen-bond acceptors (Lipinski definition) is 4. The first kappa shape index (κ1) is 23.4. The van der Waals surface area contributed by atoms with Gasteiger partial charge in [0.1, 0.15) is 0 Å². The second kappa shape index (κ2) is 9.54. The fourth-order valence-corrected chi connectivity index (χ4v) is 3.37. The average Bonchev–Trinajstić information content (AvgIpc) is 2.59. The molecule has 9 heteroatoms. The Bertz CT molecular complexity index is 712. The third-order valence-corrected chi connectivity index (χ3v) is 5.67. The van der Waals surface area contributed by atoms with Gasteiger partial charge in [0.05, 0.1) is 4.90 Å². The van der Waals surface area contributed by atoms with E-state index in [1.165, 1.54) is 0 Å². The molecule has 1 aromatic carbocycles. The van der Waals surface area contributed by atoms with E-state index >= 15 is 0 Å². The smallest absolute Gasteiger partial charge is 0.337 e. The van der Waals surface area contributed by atoms with Crippen LogP contribution in [0.1, 0.15) is 38.1 Å². The van der Waals surface area contributed by atoms with Crippen molar-refractivity contribution in [1.82, 2.24) is 9.80 Å². The molecule has 0 aromatic heterocycles. The first-order valence-corrected chi connectivity index (χ1v) is 10.3. The summed E-state index contributed by atoms with van der Waals surface area (Å²) in [4.78, 5) is 15.7. The third kappa shape index (κ3) is 6.21. The summed E-state index contributed by atoms with van der Waals surface area (Å²) in [5.74, 6) is -0.109. The van der Waals surface area contributed by atoms with Gasteiger partial charge < -0.3 is 9.80 Å². The summed E-state index contributed by atoms with van der Waals surface area (Å²) in [6.45, 7) is 11.4. The van der Waals surface area contributed by atoms with Crippen molar-refractivity contribution in [3.05, 3.63) is 29.8 Å². The average molecular weight is 408 g/mol. The summed E-state index contributed by atoms with van der Waals surface area (Å²) >= 11 is 0. The standard InChI is InChI=1S/C18H27F3N2O3S/c1-5-22(6-2)11-12-23(13-14(3)4)17(24)15-7-9-16(10-8-15)27(25,26)18(19,20)21/h7-10,14H,5-6,11-13H2,1-4H3. The lowest BCUT2D eigenvalue weighted by molar-refractivity contribution is -0.0436. The normalized spacial score (nSPS) is 12.6. The van der Waals surface area contributed by atoms with E-state index in [1.54, 1.807) is 4.90 Å². The van der Waals surface area contributed by atoms with Gasteiger partial charge in [-0.15, -0.1) is 0 Å². The number of amides is 1. The minimum Gasteiger partial charge on any atom is -0.337 e. The monoisotopic (exact) mass is 408 g/mol. The highest BCUT2D eigenvalue weighted by atomic mass is 32.2. The number of benzene rings is 1. The van der Waals surface area contributed by atoms with Crippen molar-refractivity contribution in [1.29, 1.82) is 0 Å². The van der Waals surface area contributed by atoms with Gasteiger partial charge >= 0.3 is 5.51 Å². The van der Waals surface area contributed by atoms with Crippen molar-refractivity contribution in [3.8, 4) is 0 Å². The Balaban J connectivity index is 3.01. The zero-order chi connectivity index (χ0) is 20.8. The lowest BCUT2D eigenvalue weighted by atomic mass is 10.1. The second-order valence-electron chi connectivity index (χ2n) is 6.65. The molecule has 1 amide bonds. The SMILES string of the molecule is CCN(CC)CCN(CC(C)C)C(=O)c1ccc(S(=O)(=O)C(F)(F)F)cc1. The topological polar surface area (TPSA) is 57.7 Å². The number of likely N-dealkylation sites (N-methyl/N-ethyl adjacent to an activating group) is 1. The summed E-state index contributed by atoms with van der Waals surface area (Å²) in [6, 6.07) is 3.92. The van der Waals surface area contributed by atoms with E-state index < -0.39 is 20.2 Å². The molecule has 154 valence electrons. The Morgan fingerprint density at radius 3 is 1.96 bits per heavy atom. The van der Waals surface area contributed by atoms with Gasteiger partial charge in [0.15, 0.2) is 0 Å². The maximum atomic E-state index is 12.8. The zero-order valence-electron chi connectivity index (χ0n) is 16.1. The number of alkyl halides is 3. The van der Waals surface area contributed by atoms with Gasteiger partial charge in [0, 0.05) is 25.2 Å². The molecule has 0 fully saturated rings. The summed E-state index contributed by atoms with van der Waals surface area (Å²) in [7, 11) is -5.42. The van der Waals surface area contributed by atoms with Gasteiger partial charge in [0.25, 0.3) is 15.7 Å². The van der Waals surface area contributed by atoms with Crippen LogP contribution in [0.15, 0.2) is 29.2 Å². The van der Waals surface area contributed by atoms with Crippen LogP contribution in [0.5, 0.6) is 0 Å². The molecule has 27 heavy (non-hydrogen) atoms. The molecule has 0 N–H and O–H groups in total. The number of carbonyl (C=O) groups excluding carboxylic acids is 1. The summed E-state index contributed by atoms with van der Waals surface area (Å²) in [5, 5.41) is 0. The fraction of sp³-hybridized carbons (Fsp3) is 0.611. The highest BCUT2D eigenvalue weighted by molar-refractivity contribution is 7.92. The van der Waals surface area contributed by atoms with Gasteiger partial charge in [-0.05, 0) is 43.3 Å². The minimum absolute atomic E-state index is 0.163. The molecule has 0 aliphatic carbocycles. The predicted molar refractivity (Wildman–Crippen MR) is 98.2 cm³/mol. The van der Waals surface area contributed by atoms with Crippen LogP contribution in [0.3, 0.4) is 0 Å². The van der Waals surface area contributed by atoms with E-state index in [4.69, 9.17) is 0 Å². The number of halogens is 3. The largest absolute Gasteiger partial charge is 0.501 e. The molecule has 0 saturated heterocycles. The van der Waals surface area contributed by atoms with Gasteiger partial charge in [-0.3, -0.25) is 4.79 Å². The van der Waals surface area contributed by atoms with E-state index in [0.29, 0.717) is 19.6 Å². The summed E-state index contributed by atoms with van der Waals surface area (Å²) in [6.07, 6.45) is 0. The number of sulfone groups is 1. The molecule has 0 atom stereocenters. The molecule has 1 aromatic rings. The molecule has 0 spiro atoms. The fourth-order valence-electron chi connectivity index (χ4n) is 2.61. The number of hydrogen-bond donors (Lipinski definition) is 0. The van der Waals surface area contributed by atoms with Crippen molar-refractivity contribution in [3.63, 3.8) is 0 Å². The highest BCUT2D eigenvalue weighted by Gasteiger charge is 2.46. The van der Waals surface area contributed by atoms with Crippen LogP contribution in [0.25, 0.3) is 0 Å². The number of rotatable bonds is 9. The molecule has 0 bridgehead atoms. The lowest BCUT2D eigenvalue weighted by Crippen LogP contribution is -2.40. The van der Waals surface area contributed by atoms with Crippen LogP contribution in [0.4, 0.5) is 13.2 Å². The van der Waals surface area contributed by atoms with E-state index in [0.717, 1.165) is 37.4 Å². The molecule has 5 nitrogen and oxygen atoms in total. The van der Waals surface area contributed by atoms with Crippen molar-refractivity contribution in [2.45, 2.75) is 38.1 Å². The van der Waals surface area contributed by atoms with Crippen LogP contribution < -0.4 is 0 Å². The van der Waals surface area contributed by atoms with E-state index in [2.05, 4.69) is 4.90 Å². The molecule has 1 rings (SSSR count). The molecule has 0 aliphatic heterocycles. The highest BCUT2D eigenvalue weighted by Crippen LogP contribution is 2.30. The number of nitrogens with zero attached hydrogens (tertiary/aromatic N) is 2. The van der Waals surface area contributed by atoms with Gasteiger partial charge in [-0.2, -0.15) is 13.2 Å². The van der Waals surface area contributed by atoms with Crippen LogP contribution in [-0.4, -0.2) is 62.4 Å². The minimum atomic E-state index is -5.42. The molecule has 0 heterocycles. The van der Waals surface area contributed by atoms with Crippen LogP contribution in [0, 0.1) is 5.92 Å². The van der Waals surface area contributed by atoms with E-state index in [9.17, 15) is 26.4 Å². The van der Waals surface area contributed by atoms with Gasteiger partial charge in [0.2, 0.25) is 0 Å². The second-order valence-corrected chi connectivity index (χ2v) is 8.59. The van der Waals surface area contributed by atoms with Crippen molar-refractivity contribution < 1.29 is 26.4 Å². The van der Waals surface area contributed by atoms with Crippen LogP contribution in [0.2, 0.25) is 0 Å². The molecule has 0 radical (unpaired) electrons. The van der Waals surface area contributed by atoms with E-state index in [-0.39, 0.29) is 17.4 Å². The first-order chi connectivity index (χ1) is 12.4. The van der Waals surface area contributed by atoms with Crippen molar-refractivity contribution in [2.24, 2.45) is 5.92 Å². The first-order valence-electron chi connectivity index (χ1n) is 8.87. The maximum absolute atomic E-state index is 12.8. The van der Waals surface area contributed by atoms with Crippen LogP contribution >= 0.6 is 0 Å². The molecular weight excluding hydrogens is 381 g/mol. The lowest BCUT2D eigenvalue weighted by Gasteiger charge is -2.28. The van der Waals surface area contributed by atoms with E-state index in [1.807, 2.05) is 27.7 Å². The van der Waals surface area contributed by atoms with Crippen LogP contribution in [-0.2, 0) is 9.84 Å². The van der Waals surface area contributed by atoms with Gasteiger partial charge in [-0.25, -0.2) is 8.42 Å². The summed E-state index contributed by atoms with van der Waals surface area (Å²) in [5.41, 5.74) is -5.21. The maximum Gasteiger partial charge on any atom is 0.501 e. The Morgan fingerprint density at radius 2 is 1.56 bits per heavy atom. The zero-order valence-corrected chi connectivity index (χ0v) is 16.9. The Kier molecular flexibility index (Phi) is 8.28. The Morgan fingerprint density at radius 1 is 1.04 bits per heavy atom. The Labute approximate surface area is 159 Å².